The maximum atomic E-state index is 3.46. The van der Waals surface area contributed by atoms with E-state index in [0.29, 0.717) is 0 Å². The molecule has 3 aliphatic rings. The molecule has 0 aromatic rings. The molecule has 0 aromatic heterocycles. The van der Waals surface area contributed by atoms with E-state index in [0.717, 1.165) is 0 Å². The third-order valence-corrected chi connectivity index (χ3v) is 7.44. The maximum absolute atomic E-state index is 3.46. The molecular weight excluding hydrogens is 396 g/mol. The highest BCUT2D eigenvalue weighted by atomic mass is 35.5. The van der Waals surface area contributed by atoms with Crippen LogP contribution in [0.25, 0.3) is 16.9 Å². The molecule has 1 heteroatoms. The Morgan fingerprint density at radius 1 is 0.419 bits per heavy atom. The van der Waals surface area contributed by atoms with Crippen molar-refractivity contribution in [3.63, 3.8) is 0 Å². The van der Waals surface area contributed by atoms with Crippen LogP contribution < -0.4 is 10.4 Å². The SMILES string of the molecule is CCCCCCCCCCCCCCCCCCCCc1c(CCC)c2c3c(c1-2)=C=3.Cl. The molecule has 176 valence electrons. The largest absolute Gasteiger partial charge is 0.147 e. The van der Waals surface area contributed by atoms with Crippen molar-refractivity contribution in [2.24, 2.45) is 0 Å². The summed E-state index contributed by atoms with van der Waals surface area (Å²) in [6.07, 6.45) is 30.2. The molecular formula is C30H49Cl. The van der Waals surface area contributed by atoms with Crippen LogP contribution >= 0.6 is 12.4 Å². The number of hydrogen-bond acceptors (Lipinski definition) is 0. The Hall–Kier alpha value is -0.710. The van der Waals surface area contributed by atoms with Gasteiger partial charge in [-0.3, -0.25) is 0 Å². The zero-order valence-electron chi connectivity index (χ0n) is 20.8. The van der Waals surface area contributed by atoms with Gasteiger partial charge in [-0.25, -0.2) is 0 Å². The van der Waals surface area contributed by atoms with Crippen molar-refractivity contribution in [2.45, 2.75) is 149 Å². The first-order valence-corrected chi connectivity index (χ1v) is 13.9. The van der Waals surface area contributed by atoms with Crippen LogP contribution in [-0.2, 0) is 12.8 Å². The minimum absolute atomic E-state index is 0. The first-order chi connectivity index (χ1) is 14.9. The molecule has 0 N–H and O–H groups in total. The Bertz CT molecular complexity index is 769. The molecule has 0 fully saturated rings. The number of hydrogen-bond donors (Lipinski definition) is 0. The highest BCUT2D eigenvalue weighted by molar-refractivity contribution is 5.93. The molecule has 3 aliphatic carbocycles. The molecule has 0 saturated heterocycles. The Kier molecular flexibility index (Phi) is 13.0. The lowest BCUT2D eigenvalue weighted by atomic mass is 9.76. The van der Waals surface area contributed by atoms with E-state index in [9.17, 15) is 0 Å². The van der Waals surface area contributed by atoms with Crippen molar-refractivity contribution in [1.82, 2.24) is 0 Å². The number of rotatable bonds is 21. The second-order valence-electron chi connectivity index (χ2n) is 10.1. The van der Waals surface area contributed by atoms with Gasteiger partial charge in [0.1, 0.15) is 0 Å². The van der Waals surface area contributed by atoms with Crippen molar-refractivity contribution >= 4 is 18.1 Å². The average molecular weight is 445 g/mol. The molecule has 0 unspecified atom stereocenters. The lowest BCUT2D eigenvalue weighted by Gasteiger charge is -2.27. The van der Waals surface area contributed by atoms with Gasteiger partial charge in [0.2, 0.25) is 0 Å². The van der Waals surface area contributed by atoms with Crippen LogP contribution in [-0.4, -0.2) is 0 Å². The molecule has 0 amide bonds. The summed E-state index contributed by atoms with van der Waals surface area (Å²) in [5, 5.41) is 3.00. The molecule has 0 radical (unpaired) electrons. The van der Waals surface area contributed by atoms with E-state index in [2.05, 4.69) is 19.6 Å². The molecule has 0 heterocycles. The first-order valence-electron chi connectivity index (χ1n) is 13.9. The zero-order chi connectivity index (χ0) is 21.0. The summed E-state index contributed by atoms with van der Waals surface area (Å²) < 4.78 is 0. The lowest BCUT2D eigenvalue weighted by Crippen LogP contribution is -2.32. The van der Waals surface area contributed by atoms with Gasteiger partial charge in [-0.1, -0.05) is 129 Å². The summed E-state index contributed by atoms with van der Waals surface area (Å²) in [7, 11) is 0. The highest BCUT2D eigenvalue weighted by Crippen LogP contribution is 2.39. The van der Waals surface area contributed by atoms with E-state index >= 15 is 0 Å². The zero-order valence-corrected chi connectivity index (χ0v) is 21.6. The van der Waals surface area contributed by atoms with Crippen LogP contribution in [0.3, 0.4) is 0 Å². The highest BCUT2D eigenvalue weighted by Gasteiger charge is 2.32. The number of unbranched alkanes of at least 4 members (excludes halogenated alkanes) is 17. The van der Waals surface area contributed by atoms with Crippen molar-refractivity contribution in [1.29, 1.82) is 0 Å². The Morgan fingerprint density at radius 2 is 0.774 bits per heavy atom. The summed E-state index contributed by atoms with van der Waals surface area (Å²) in [6.45, 7) is 4.62. The minimum atomic E-state index is 0. The van der Waals surface area contributed by atoms with Gasteiger partial charge >= 0.3 is 0 Å². The van der Waals surface area contributed by atoms with Crippen molar-refractivity contribution in [2.75, 3.05) is 0 Å². The molecule has 3 rings (SSSR count). The van der Waals surface area contributed by atoms with Gasteiger partial charge in [-0.2, -0.15) is 0 Å². The first kappa shape index (κ1) is 26.5. The summed E-state index contributed by atoms with van der Waals surface area (Å²) in [5.41, 5.74) is 10.2. The molecule has 0 nitrogen and oxygen atoms in total. The summed E-state index contributed by atoms with van der Waals surface area (Å²) in [5.74, 6) is 0. The second kappa shape index (κ2) is 15.2. The summed E-state index contributed by atoms with van der Waals surface area (Å²) in [6, 6.07) is 0. The van der Waals surface area contributed by atoms with Crippen LogP contribution in [0.15, 0.2) is 0 Å². The third-order valence-electron chi connectivity index (χ3n) is 7.44. The van der Waals surface area contributed by atoms with Crippen molar-refractivity contribution in [3.05, 3.63) is 21.6 Å². The standard InChI is InChI=1S/C30H48.ClH/c1-3-5-6-7-8-9-10-11-12-13-14-15-16-17-18-19-20-21-23-26-25(22-4-2)29-27-24-28(27)30(26)29;/h3-23H2,1-2H3;1H. The third kappa shape index (κ3) is 7.98. The average Bonchev–Trinajstić information content (AvgIpc) is 3.43. The second-order valence-corrected chi connectivity index (χ2v) is 10.1. The van der Waals surface area contributed by atoms with E-state index in [1.54, 1.807) is 22.3 Å². The molecule has 31 heavy (non-hydrogen) atoms. The van der Waals surface area contributed by atoms with Crippen LogP contribution in [0.2, 0.25) is 0 Å². The van der Waals surface area contributed by atoms with Crippen molar-refractivity contribution < 1.29 is 0 Å². The van der Waals surface area contributed by atoms with Gasteiger partial charge in [-0.05, 0) is 30.4 Å². The quantitative estimate of drug-likeness (QED) is 0.144. The number of fused-ring (bicyclic) bond motifs is 4. The van der Waals surface area contributed by atoms with Gasteiger partial charge in [0.25, 0.3) is 0 Å². The van der Waals surface area contributed by atoms with Crippen LogP contribution in [0, 0.1) is 0 Å². The van der Waals surface area contributed by atoms with E-state index in [4.69, 9.17) is 0 Å². The Morgan fingerprint density at radius 3 is 1.16 bits per heavy atom. The van der Waals surface area contributed by atoms with Crippen LogP contribution in [0.4, 0.5) is 0 Å². The molecule has 0 aromatic carbocycles. The summed E-state index contributed by atoms with van der Waals surface area (Å²) >= 11 is 0. The molecule has 0 atom stereocenters. The van der Waals surface area contributed by atoms with Gasteiger partial charge in [0, 0.05) is 21.6 Å². The van der Waals surface area contributed by atoms with Crippen LogP contribution in [0.1, 0.15) is 147 Å². The predicted octanol–water partition coefficient (Wildman–Crippen LogP) is 8.69. The van der Waals surface area contributed by atoms with E-state index in [1.165, 1.54) is 145 Å². The fraction of sp³-hybridized carbons (Fsp3) is 0.767. The van der Waals surface area contributed by atoms with Crippen molar-refractivity contribution in [3.8, 4) is 11.1 Å². The molecule has 0 saturated carbocycles. The lowest BCUT2D eigenvalue weighted by molar-refractivity contribution is 0.525. The minimum Gasteiger partial charge on any atom is -0.147 e. The number of halogens is 1. The normalized spacial score (nSPS) is 12.1. The Balaban J connectivity index is 0.00000341. The Labute approximate surface area is 199 Å². The predicted molar refractivity (Wildman–Crippen MR) is 141 cm³/mol. The summed E-state index contributed by atoms with van der Waals surface area (Å²) in [4.78, 5) is 0. The molecule has 0 spiro atoms. The molecule has 0 aliphatic heterocycles. The van der Waals surface area contributed by atoms with Gasteiger partial charge < -0.3 is 0 Å². The van der Waals surface area contributed by atoms with E-state index in [-0.39, 0.29) is 12.4 Å². The monoisotopic (exact) mass is 444 g/mol. The fourth-order valence-electron chi connectivity index (χ4n) is 5.50. The number of benzene rings is 1. The van der Waals surface area contributed by atoms with E-state index in [1.807, 2.05) is 0 Å². The smallest absolute Gasteiger partial charge is 0.0410 e. The fourth-order valence-corrected chi connectivity index (χ4v) is 5.50. The topological polar surface area (TPSA) is 0 Å². The van der Waals surface area contributed by atoms with Gasteiger partial charge in [0.15, 0.2) is 0 Å². The molecule has 0 bridgehead atoms. The maximum Gasteiger partial charge on any atom is 0.0410 e. The van der Waals surface area contributed by atoms with Crippen LogP contribution in [0.5, 0.6) is 0 Å². The van der Waals surface area contributed by atoms with Gasteiger partial charge in [0.05, 0.1) is 0 Å². The van der Waals surface area contributed by atoms with Gasteiger partial charge in [-0.15, -0.1) is 18.1 Å². The van der Waals surface area contributed by atoms with E-state index < -0.39 is 0 Å².